The Bertz CT molecular complexity index is 572. The van der Waals surface area contributed by atoms with Gasteiger partial charge in [-0.1, -0.05) is 0 Å². The number of nitrogens with one attached hydrogen (secondary N) is 2. The summed E-state index contributed by atoms with van der Waals surface area (Å²) in [5, 5.41) is 6.11. The zero-order chi connectivity index (χ0) is 16.8. The zero-order valence-electron chi connectivity index (χ0n) is 14.3. The molecule has 0 saturated carbocycles. The number of amides is 1. The summed E-state index contributed by atoms with van der Waals surface area (Å²) in [4.78, 5) is 24.1. The Morgan fingerprint density at radius 1 is 1.33 bits per heavy atom. The monoisotopic (exact) mass is 356 g/mol. The van der Waals surface area contributed by atoms with Gasteiger partial charge in [-0.3, -0.25) is 4.79 Å². The molecule has 1 saturated heterocycles. The highest BCUT2D eigenvalue weighted by Gasteiger charge is 2.22. The number of esters is 1. The summed E-state index contributed by atoms with van der Waals surface area (Å²) < 4.78 is 10.5. The highest BCUT2D eigenvalue weighted by atomic mass is 35.5. The second kappa shape index (κ2) is 9.49. The fourth-order valence-electron chi connectivity index (χ4n) is 2.54. The molecule has 2 N–H and O–H groups in total. The van der Waals surface area contributed by atoms with Crippen molar-refractivity contribution in [2.75, 3.05) is 25.5 Å². The van der Waals surface area contributed by atoms with E-state index in [0.29, 0.717) is 23.5 Å². The van der Waals surface area contributed by atoms with Crippen LogP contribution in [0.4, 0.5) is 5.69 Å². The maximum absolute atomic E-state index is 12.4. The zero-order valence-corrected chi connectivity index (χ0v) is 15.1. The second-order valence-corrected chi connectivity index (χ2v) is 5.90. The van der Waals surface area contributed by atoms with Crippen molar-refractivity contribution in [3.05, 3.63) is 23.8 Å². The second-order valence-electron chi connectivity index (χ2n) is 5.90. The van der Waals surface area contributed by atoms with Crippen molar-refractivity contribution in [3.8, 4) is 5.75 Å². The Balaban J connectivity index is 0.00000288. The molecule has 0 bridgehead atoms. The third-order valence-corrected chi connectivity index (χ3v) is 3.69. The molecule has 1 unspecified atom stereocenters. The van der Waals surface area contributed by atoms with Crippen LogP contribution >= 0.6 is 12.4 Å². The van der Waals surface area contributed by atoms with Gasteiger partial charge < -0.3 is 20.1 Å². The number of carbonyl (C=O) groups is 2. The smallest absolute Gasteiger partial charge is 0.337 e. The van der Waals surface area contributed by atoms with Crippen molar-refractivity contribution in [1.82, 2.24) is 5.32 Å². The van der Waals surface area contributed by atoms with Gasteiger partial charge in [-0.25, -0.2) is 4.79 Å². The number of hydrogen-bond acceptors (Lipinski definition) is 5. The van der Waals surface area contributed by atoms with Crippen LogP contribution in [0.25, 0.3) is 0 Å². The highest BCUT2D eigenvalue weighted by molar-refractivity contribution is 5.97. The van der Waals surface area contributed by atoms with Crippen molar-refractivity contribution in [1.29, 1.82) is 0 Å². The standard InChI is InChI=1S/C17H24N2O4.ClH/c1-11(2)23-15-7-6-12(17(21)22-3)9-14(15)19-16(20)13-5-4-8-18-10-13;/h6-7,9,11,13,18H,4-5,8,10H2,1-3H3,(H,19,20);1H. The van der Waals surface area contributed by atoms with E-state index in [1.54, 1.807) is 18.2 Å². The first-order valence-electron chi connectivity index (χ1n) is 7.92. The lowest BCUT2D eigenvalue weighted by Gasteiger charge is -2.23. The molecule has 1 heterocycles. The van der Waals surface area contributed by atoms with E-state index in [1.807, 2.05) is 13.8 Å². The number of carbonyl (C=O) groups excluding carboxylic acids is 2. The molecule has 1 atom stereocenters. The third kappa shape index (κ3) is 5.39. The number of rotatable bonds is 5. The number of ether oxygens (including phenoxy) is 2. The SMILES string of the molecule is COC(=O)c1ccc(OC(C)C)c(NC(=O)C2CCCNC2)c1.Cl. The van der Waals surface area contributed by atoms with E-state index in [0.717, 1.165) is 19.4 Å². The van der Waals surface area contributed by atoms with Gasteiger partial charge >= 0.3 is 5.97 Å². The Morgan fingerprint density at radius 3 is 2.67 bits per heavy atom. The van der Waals surface area contributed by atoms with E-state index in [4.69, 9.17) is 9.47 Å². The van der Waals surface area contributed by atoms with Gasteiger partial charge in [0.25, 0.3) is 0 Å². The Hall–Kier alpha value is -1.79. The van der Waals surface area contributed by atoms with E-state index in [9.17, 15) is 9.59 Å². The largest absolute Gasteiger partial charge is 0.489 e. The molecule has 1 aliphatic heterocycles. The van der Waals surface area contributed by atoms with Crippen LogP contribution in [0.2, 0.25) is 0 Å². The van der Waals surface area contributed by atoms with Crippen LogP contribution in [0.15, 0.2) is 18.2 Å². The number of hydrogen-bond donors (Lipinski definition) is 2. The van der Waals surface area contributed by atoms with Crippen molar-refractivity contribution in [3.63, 3.8) is 0 Å². The number of halogens is 1. The van der Waals surface area contributed by atoms with E-state index >= 15 is 0 Å². The van der Waals surface area contributed by atoms with Crippen molar-refractivity contribution < 1.29 is 19.1 Å². The average molecular weight is 357 g/mol. The van der Waals surface area contributed by atoms with Gasteiger partial charge in [0.2, 0.25) is 5.91 Å². The molecule has 1 fully saturated rings. The van der Waals surface area contributed by atoms with E-state index in [2.05, 4.69) is 10.6 Å². The molecule has 1 aliphatic rings. The third-order valence-electron chi connectivity index (χ3n) is 3.69. The van der Waals surface area contributed by atoms with Crippen LogP contribution in [0.1, 0.15) is 37.0 Å². The van der Waals surface area contributed by atoms with Gasteiger partial charge in [0.05, 0.1) is 30.4 Å². The predicted octanol–water partition coefficient (Wildman–Crippen LogP) is 2.62. The van der Waals surface area contributed by atoms with Gasteiger partial charge in [-0.05, 0) is 51.4 Å². The first kappa shape index (κ1) is 20.3. The molecule has 0 spiro atoms. The molecule has 1 aromatic carbocycles. The fourth-order valence-corrected chi connectivity index (χ4v) is 2.54. The van der Waals surface area contributed by atoms with Crippen LogP contribution in [0.5, 0.6) is 5.75 Å². The van der Waals surface area contributed by atoms with Crippen LogP contribution < -0.4 is 15.4 Å². The molecule has 1 amide bonds. The molecular formula is C17H25ClN2O4. The molecule has 7 heteroatoms. The summed E-state index contributed by atoms with van der Waals surface area (Å²) in [6.45, 7) is 5.43. The van der Waals surface area contributed by atoms with E-state index in [1.165, 1.54) is 7.11 Å². The minimum absolute atomic E-state index is 0. The van der Waals surface area contributed by atoms with Gasteiger partial charge in [-0.2, -0.15) is 0 Å². The van der Waals surface area contributed by atoms with Crippen LogP contribution in [0.3, 0.4) is 0 Å². The molecule has 134 valence electrons. The summed E-state index contributed by atoms with van der Waals surface area (Å²) in [5.74, 6) is -0.0362. The minimum atomic E-state index is -0.448. The van der Waals surface area contributed by atoms with Gasteiger partial charge in [0.15, 0.2) is 0 Å². The van der Waals surface area contributed by atoms with E-state index in [-0.39, 0.29) is 30.3 Å². The lowest BCUT2D eigenvalue weighted by atomic mass is 9.98. The molecule has 2 rings (SSSR count). The average Bonchev–Trinajstić information content (AvgIpc) is 2.56. The topological polar surface area (TPSA) is 76.7 Å². The van der Waals surface area contributed by atoms with Gasteiger partial charge in [0, 0.05) is 6.54 Å². The first-order chi connectivity index (χ1) is 11.0. The number of anilines is 1. The van der Waals surface area contributed by atoms with Crippen LogP contribution in [-0.4, -0.2) is 38.2 Å². The normalized spacial score (nSPS) is 16.9. The summed E-state index contributed by atoms with van der Waals surface area (Å²) >= 11 is 0. The number of methoxy groups -OCH3 is 1. The highest BCUT2D eigenvalue weighted by Crippen LogP contribution is 2.28. The summed E-state index contributed by atoms with van der Waals surface area (Å²) in [7, 11) is 1.33. The number of piperidine rings is 1. The van der Waals surface area contributed by atoms with Crippen LogP contribution in [-0.2, 0) is 9.53 Å². The molecular weight excluding hydrogens is 332 g/mol. The maximum Gasteiger partial charge on any atom is 0.337 e. The Labute approximate surface area is 148 Å². The Kier molecular flexibility index (Phi) is 8.01. The maximum atomic E-state index is 12.4. The lowest BCUT2D eigenvalue weighted by Crippen LogP contribution is -2.37. The predicted molar refractivity (Wildman–Crippen MR) is 95.0 cm³/mol. The van der Waals surface area contributed by atoms with Gasteiger partial charge in [0.1, 0.15) is 5.75 Å². The summed E-state index contributed by atoms with van der Waals surface area (Å²) in [6, 6.07) is 4.90. The molecule has 0 radical (unpaired) electrons. The minimum Gasteiger partial charge on any atom is -0.489 e. The molecule has 6 nitrogen and oxygen atoms in total. The summed E-state index contributed by atoms with van der Waals surface area (Å²) in [6.07, 6.45) is 1.80. The number of benzene rings is 1. The molecule has 0 aromatic heterocycles. The van der Waals surface area contributed by atoms with Crippen molar-refractivity contribution in [2.24, 2.45) is 5.92 Å². The molecule has 0 aliphatic carbocycles. The Morgan fingerprint density at radius 2 is 2.08 bits per heavy atom. The summed E-state index contributed by atoms with van der Waals surface area (Å²) in [5.41, 5.74) is 0.873. The lowest BCUT2D eigenvalue weighted by molar-refractivity contribution is -0.120. The quantitative estimate of drug-likeness (QED) is 0.793. The first-order valence-corrected chi connectivity index (χ1v) is 7.92. The molecule has 24 heavy (non-hydrogen) atoms. The van der Waals surface area contributed by atoms with Gasteiger partial charge in [-0.15, -0.1) is 12.4 Å². The fraction of sp³-hybridized carbons (Fsp3) is 0.529. The molecule has 1 aromatic rings. The van der Waals surface area contributed by atoms with Crippen LogP contribution in [0, 0.1) is 5.92 Å². The van der Waals surface area contributed by atoms with Crippen molar-refractivity contribution in [2.45, 2.75) is 32.8 Å². The van der Waals surface area contributed by atoms with Crippen molar-refractivity contribution >= 4 is 30.0 Å². The van der Waals surface area contributed by atoms with E-state index < -0.39 is 5.97 Å².